The molecule has 0 unspecified atom stereocenters. The second-order valence-electron chi connectivity index (χ2n) is 10.7. The van der Waals surface area contributed by atoms with Gasteiger partial charge in [-0.05, 0) is 61.7 Å². The Kier molecular flexibility index (Phi) is 10.4. The van der Waals surface area contributed by atoms with Crippen LogP contribution in [0.15, 0.2) is 42.7 Å². The van der Waals surface area contributed by atoms with Gasteiger partial charge in [0.1, 0.15) is 6.67 Å². The van der Waals surface area contributed by atoms with Crippen molar-refractivity contribution in [1.82, 2.24) is 24.8 Å². The van der Waals surface area contributed by atoms with E-state index in [1.54, 1.807) is 18.5 Å². The number of nitrogens with zero attached hydrogens (tertiary/aromatic N) is 6. The Morgan fingerprint density at radius 3 is 2.29 bits per heavy atom. The second kappa shape index (κ2) is 14.4. The van der Waals surface area contributed by atoms with Crippen LogP contribution in [0, 0.1) is 5.92 Å². The molecule has 0 N–H and O–H groups in total. The Balaban J connectivity index is 1.30. The fourth-order valence-corrected chi connectivity index (χ4v) is 5.94. The number of alkyl halides is 1. The summed E-state index contributed by atoms with van der Waals surface area (Å²) in [4.78, 5) is 32.0. The molecule has 0 spiro atoms. The predicted molar refractivity (Wildman–Crippen MR) is 161 cm³/mol. The zero-order valence-electron chi connectivity index (χ0n) is 23.6. The van der Waals surface area contributed by atoms with E-state index >= 15 is 0 Å². The minimum atomic E-state index is -0.334. The molecule has 0 radical (unpaired) electrons. The maximum absolute atomic E-state index is 12.7. The van der Waals surface area contributed by atoms with Gasteiger partial charge in [0, 0.05) is 67.4 Å². The van der Waals surface area contributed by atoms with Crippen LogP contribution in [0.3, 0.4) is 0 Å². The maximum atomic E-state index is 12.7. The number of esters is 1. The molecule has 5 rings (SSSR count). The minimum absolute atomic E-state index is 0.151. The molecule has 0 amide bonds. The van der Waals surface area contributed by atoms with Crippen molar-refractivity contribution in [2.75, 3.05) is 64.5 Å². The summed E-state index contributed by atoms with van der Waals surface area (Å²) in [6, 6.07) is 9.29. The first-order valence-electron chi connectivity index (χ1n) is 14.2. The fourth-order valence-electron chi connectivity index (χ4n) is 5.42. The van der Waals surface area contributed by atoms with Crippen molar-refractivity contribution in [3.63, 3.8) is 0 Å². The molecule has 2 aliphatic heterocycles. The molecule has 12 heteroatoms. The number of hydrogen-bond donors (Lipinski definition) is 0. The first-order chi connectivity index (χ1) is 20.4. The van der Waals surface area contributed by atoms with E-state index in [9.17, 15) is 9.18 Å². The van der Waals surface area contributed by atoms with Crippen molar-refractivity contribution in [3.8, 4) is 22.9 Å². The smallest absolute Gasteiger partial charge is 0.305 e. The molecule has 0 saturated carbocycles. The lowest BCUT2D eigenvalue weighted by Crippen LogP contribution is -2.47. The van der Waals surface area contributed by atoms with Crippen molar-refractivity contribution in [3.05, 3.63) is 58.3 Å². The van der Waals surface area contributed by atoms with Crippen molar-refractivity contribution in [2.45, 2.75) is 25.8 Å². The third-order valence-electron chi connectivity index (χ3n) is 7.71. The van der Waals surface area contributed by atoms with Crippen LogP contribution in [0.1, 0.15) is 24.8 Å². The van der Waals surface area contributed by atoms with Gasteiger partial charge in [0.25, 0.3) is 0 Å². The summed E-state index contributed by atoms with van der Waals surface area (Å²) >= 11 is 12.6. The number of likely N-dealkylation sites (tertiary alicyclic amines) is 1. The quantitative estimate of drug-likeness (QED) is 0.274. The highest BCUT2D eigenvalue weighted by molar-refractivity contribution is 6.35. The van der Waals surface area contributed by atoms with E-state index in [0.717, 1.165) is 63.2 Å². The largest absolute Gasteiger partial charge is 0.469 e. The number of piperazine rings is 1. The first kappa shape index (κ1) is 30.4. The van der Waals surface area contributed by atoms with E-state index in [2.05, 4.69) is 24.7 Å². The molecular weight excluding hydrogens is 582 g/mol. The normalized spacial score (nSPS) is 16.9. The Hall–Kier alpha value is -3.05. The Morgan fingerprint density at radius 1 is 0.952 bits per heavy atom. The van der Waals surface area contributed by atoms with Crippen LogP contribution in [-0.4, -0.2) is 90.3 Å². The second-order valence-corrected chi connectivity index (χ2v) is 11.6. The number of pyridine rings is 1. The van der Waals surface area contributed by atoms with Crippen molar-refractivity contribution in [2.24, 2.45) is 5.92 Å². The SMILES string of the molecule is COC(=O)CC1CCN(Cc2cc(Oc3cnc(N4CCN(CCF)CC4)nc3)nc(-c3cc(Cl)cc(Cl)c3)c2)CC1. The molecule has 2 aromatic heterocycles. The topological polar surface area (TPSA) is 83.9 Å². The Labute approximate surface area is 255 Å². The van der Waals surface area contributed by atoms with Gasteiger partial charge in [-0.2, -0.15) is 0 Å². The van der Waals surface area contributed by atoms with E-state index in [-0.39, 0.29) is 12.6 Å². The zero-order valence-corrected chi connectivity index (χ0v) is 25.2. The van der Waals surface area contributed by atoms with Crippen molar-refractivity contribution >= 4 is 35.1 Å². The van der Waals surface area contributed by atoms with Gasteiger partial charge >= 0.3 is 5.97 Å². The lowest BCUT2D eigenvalue weighted by Gasteiger charge is -2.34. The van der Waals surface area contributed by atoms with Crippen LogP contribution in [0.5, 0.6) is 11.6 Å². The number of anilines is 1. The van der Waals surface area contributed by atoms with E-state index in [4.69, 9.17) is 37.7 Å². The summed E-state index contributed by atoms with van der Waals surface area (Å²) in [5.41, 5.74) is 2.51. The number of aromatic nitrogens is 3. The number of piperidine rings is 1. The molecule has 0 aliphatic carbocycles. The summed E-state index contributed by atoms with van der Waals surface area (Å²) < 4.78 is 23.7. The van der Waals surface area contributed by atoms with E-state index < -0.39 is 0 Å². The highest BCUT2D eigenvalue weighted by Gasteiger charge is 2.23. The lowest BCUT2D eigenvalue weighted by molar-refractivity contribution is -0.142. The summed E-state index contributed by atoms with van der Waals surface area (Å²) in [7, 11) is 1.44. The van der Waals surface area contributed by atoms with Crippen molar-refractivity contribution < 1.29 is 18.7 Å². The number of methoxy groups -OCH3 is 1. The van der Waals surface area contributed by atoms with Gasteiger partial charge < -0.3 is 14.4 Å². The zero-order chi connectivity index (χ0) is 29.5. The first-order valence-corrected chi connectivity index (χ1v) is 14.9. The number of rotatable bonds is 10. The lowest BCUT2D eigenvalue weighted by atomic mass is 9.93. The van der Waals surface area contributed by atoms with Gasteiger partial charge in [-0.1, -0.05) is 23.2 Å². The molecule has 9 nitrogen and oxygen atoms in total. The molecule has 4 heterocycles. The standard InChI is InChI=1S/C30H35Cl2FN6O3/c1-41-29(40)14-21-2-5-38(6-3-21)20-22-12-27(23-15-24(31)17-25(32)16-23)36-28(13-22)42-26-18-34-30(35-19-26)39-10-8-37(7-4-33)9-11-39/h12-13,15-19,21H,2-11,14,20H2,1H3. The number of carbonyl (C=O) groups excluding carboxylic acids is 1. The molecular formula is C30H35Cl2FN6O3. The van der Waals surface area contributed by atoms with Crippen molar-refractivity contribution in [1.29, 1.82) is 0 Å². The highest BCUT2D eigenvalue weighted by Crippen LogP contribution is 2.31. The van der Waals surface area contributed by atoms with Gasteiger partial charge in [0.05, 0.1) is 25.2 Å². The van der Waals surface area contributed by atoms with Crippen LogP contribution in [-0.2, 0) is 16.1 Å². The van der Waals surface area contributed by atoms with Crippen LogP contribution >= 0.6 is 23.2 Å². The number of halogens is 3. The van der Waals surface area contributed by atoms with Crippen LogP contribution in [0.2, 0.25) is 10.0 Å². The Morgan fingerprint density at radius 2 is 1.64 bits per heavy atom. The van der Waals surface area contributed by atoms with E-state index in [1.807, 2.05) is 24.3 Å². The number of ether oxygens (including phenoxy) is 2. The number of hydrogen-bond acceptors (Lipinski definition) is 9. The molecule has 2 fully saturated rings. The monoisotopic (exact) mass is 616 g/mol. The van der Waals surface area contributed by atoms with Gasteiger partial charge in [0.15, 0.2) is 5.75 Å². The molecule has 1 aromatic carbocycles. The highest BCUT2D eigenvalue weighted by atomic mass is 35.5. The summed E-state index contributed by atoms with van der Waals surface area (Å²) in [5.74, 6) is 1.70. The van der Waals surface area contributed by atoms with E-state index in [1.165, 1.54) is 7.11 Å². The molecule has 42 heavy (non-hydrogen) atoms. The third-order valence-corrected chi connectivity index (χ3v) is 8.15. The average molecular weight is 618 g/mol. The summed E-state index contributed by atoms with van der Waals surface area (Å²) in [6.07, 6.45) is 5.64. The molecule has 224 valence electrons. The van der Waals surface area contributed by atoms with Gasteiger partial charge in [-0.15, -0.1) is 0 Å². The fraction of sp³-hybridized carbons (Fsp3) is 0.467. The van der Waals surface area contributed by atoms with Gasteiger partial charge in [-0.3, -0.25) is 14.6 Å². The average Bonchev–Trinajstić information content (AvgIpc) is 2.98. The third kappa shape index (κ3) is 8.28. The minimum Gasteiger partial charge on any atom is -0.469 e. The van der Waals surface area contributed by atoms with Crippen LogP contribution in [0.4, 0.5) is 10.3 Å². The molecule has 0 atom stereocenters. The predicted octanol–water partition coefficient (Wildman–Crippen LogP) is 5.50. The van der Waals surface area contributed by atoms with Gasteiger partial charge in [-0.25, -0.2) is 19.3 Å². The molecule has 2 saturated heterocycles. The Bertz CT molecular complexity index is 1330. The number of carbonyl (C=O) groups is 1. The maximum Gasteiger partial charge on any atom is 0.305 e. The van der Waals surface area contributed by atoms with Gasteiger partial charge in [0.2, 0.25) is 11.8 Å². The van der Waals surface area contributed by atoms with E-state index in [0.29, 0.717) is 58.7 Å². The molecule has 3 aromatic rings. The molecule has 0 bridgehead atoms. The van der Waals surface area contributed by atoms with Crippen LogP contribution in [0.25, 0.3) is 11.3 Å². The number of benzene rings is 1. The molecule has 2 aliphatic rings. The summed E-state index contributed by atoms with van der Waals surface area (Å²) in [5, 5.41) is 1.05. The van der Waals surface area contributed by atoms with Crippen LogP contribution < -0.4 is 9.64 Å². The summed E-state index contributed by atoms with van der Waals surface area (Å²) in [6.45, 7) is 5.65.